The molecule has 15 heavy (non-hydrogen) atoms. The number of phenolic OH excluding ortho intramolecular Hbond substituents is 1. The highest BCUT2D eigenvalue weighted by atomic mass is 16.3. The van der Waals surface area contributed by atoms with Crippen molar-refractivity contribution in [2.45, 2.75) is 13.3 Å². The van der Waals surface area contributed by atoms with E-state index in [2.05, 4.69) is 4.98 Å². The van der Waals surface area contributed by atoms with Crippen LogP contribution in [0.25, 0.3) is 0 Å². The molecule has 2 nitrogen and oxygen atoms in total. The van der Waals surface area contributed by atoms with Crippen molar-refractivity contribution in [2.75, 3.05) is 0 Å². The second kappa shape index (κ2) is 4.13. The van der Waals surface area contributed by atoms with Gasteiger partial charge in [-0.1, -0.05) is 12.1 Å². The molecule has 0 unspecified atom stereocenters. The molecule has 2 aromatic rings. The van der Waals surface area contributed by atoms with E-state index in [9.17, 15) is 5.11 Å². The zero-order valence-electron chi connectivity index (χ0n) is 8.64. The van der Waals surface area contributed by atoms with Crippen molar-refractivity contribution < 1.29 is 5.11 Å². The summed E-state index contributed by atoms with van der Waals surface area (Å²) in [4.78, 5) is 4.28. The number of nitrogens with zero attached hydrogens (tertiary/aromatic N) is 1. The normalized spacial score (nSPS) is 10.2. The number of phenols is 1. The molecule has 0 spiro atoms. The Morgan fingerprint density at radius 3 is 2.73 bits per heavy atom. The van der Waals surface area contributed by atoms with Crippen molar-refractivity contribution >= 4 is 0 Å². The standard InChI is InChI=1S/C13H13NO/c1-10-8-13(15)6-5-11(10)9-12-4-2-3-7-14-12/h2-8,15H,9H2,1H3. The van der Waals surface area contributed by atoms with Crippen molar-refractivity contribution in [3.05, 3.63) is 59.4 Å². The van der Waals surface area contributed by atoms with Crippen LogP contribution in [0.1, 0.15) is 16.8 Å². The molecule has 76 valence electrons. The van der Waals surface area contributed by atoms with Crippen molar-refractivity contribution in [1.29, 1.82) is 0 Å². The average Bonchev–Trinajstić information content (AvgIpc) is 2.24. The van der Waals surface area contributed by atoms with Crippen LogP contribution in [0.3, 0.4) is 0 Å². The average molecular weight is 199 g/mol. The van der Waals surface area contributed by atoms with Gasteiger partial charge in [-0.05, 0) is 42.3 Å². The molecule has 0 radical (unpaired) electrons. The Kier molecular flexibility index (Phi) is 2.68. The summed E-state index contributed by atoms with van der Waals surface area (Å²) >= 11 is 0. The summed E-state index contributed by atoms with van der Waals surface area (Å²) < 4.78 is 0. The minimum Gasteiger partial charge on any atom is -0.508 e. The molecule has 2 rings (SSSR count). The number of aryl methyl sites for hydroxylation is 1. The lowest BCUT2D eigenvalue weighted by molar-refractivity contribution is 0.474. The molecule has 0 aliphatic rings. The molecule has 0 aliphatic heterocycles. The fraction of sp³-hybridized carbons (Fsp3) is 0.154. The third kappa shape index (κ3) is 2.34. The van der Waals surface area contributed by atoms with Gasteiger partial charge in [0.25, 0.3) is 0 Å². The molecule has 0 saturated carbocycles. The highest BCUT2D eigenvalue weighted by molar-refractivity contribution is 5.35. The van der Waals surface area contributed by atoms with Gasteiger partial charge in [-0.15, -0.1) is 0 Å². The summed E-state index contributed by atoms with van der Waals surface area (Å²) in [5, 5.41) is 9.29. The van der Waals surface area contributed by atoms with Gasteiger partial charge in [0.1, 0.15) is 5.75 Å². The van der Waals surface area contributed by atoms with E-state index in [1.165, 1.54) is 5.56 Å². The number of aromatic nitrogens is 1. The quantitative estimate of drug-likeness (QED) is 0.806. The van der Waals surface area contributed by atoms with Crippen LogP contribution in [0.15, 0.2) is 42.6 Å². The Morgan fingerprint density at radius 2 is 2.07 bits per heavy atom. The zero-order chi connectivity index (χ0) is 10.7. The van der Waals surface area contributed by atoms with Crippen molar-refractivity contribution in [3.63, 3.8) is 0 Å². The molecule has 0 fully saturated rings. The SMILES string of the molecule is Cc1cc(O)ccc1Cc1ccccn1. The smallest absolute Gasteiger partial charge is 0.115 e. The van der Waals surface area contributed by atoms with Gasteiger partial charge in [0.2, 0.25) is 0 Å². The second-order valence-electron chi connectivity index (χ2n) is 3.61. The zero-order valence-corrected chi connectivity index (χ0v) is 8.64. The number of hydrogen-bond acceptors (Lipinski definition) is 2. The van der Waals surface area contributed by atoms with Gasteiger partial charge in [0.05, 0.1) is 0 Å². The Labute approximate surface area is 89.2 Å². The van der Waals surface area contributed by atoms with Crippen molar-refractivity contribution in [3.8, 4) is 5.75 Å². The summed E-state index contributed by atoms with van der Waals surface area (Å²) in [6.07, 6.45) is 2.61. The van der Waals surface area contributed by atoms with Crippen LogP contribution in [0.2, 0.25) is 0 Å². The van der Waals surface area contributed by atoms with E-state index in [4.69, 9.17) is 0 Å². The summed E-state index contributed by atoms with van der Waals surface area (Å²) in [5.74, 6) is 0.317. The monoisotopic (exact) mass is 199 g/mol. The van der Waals surface area contributed by atoms with Gasteiger partial charge in [-0.2, -0.15) is 0 Å². The number of benzene rings is 1. The van der Waals surface area contributed by atoms with Crippen molar-refractivity contribution in [1.82, 2.24) is 4.98 Å². The molecule has 0 aliphatic carbocycles. The lowest BCUT2D eigenvalue weighted by Gasteiger charge is -2.05. The summed E-state index contributed by atoms with van der Waals surface area (Å²) in [6.45, 7) is 2.00. The molecule has 1 aromatic carbocycles. The van der Waals surface area contributed by atoms with Gasteiger partial charge in [0.15, 0.2) is 0 Å². The van der Waals surface area contributed by atoms with Crippen LogP contribution < -0.4 is 0 Å². The largest absolute Gasteiger partial charge is 0.508 e. The van der Waals surface area contributed by atoms with Gasteiger partial charge in [-0.25, -0.2) is 0 Å². The van der Waals surface area contributed by atoms with Gasteiger partial charge < -0.3 is 5.11 Å². The number of pyridine rings is 1. The van der Waals surface area contributed by atoms with E-state index in [0.717, 1.165) is 17.7 Å². The fourth-order valence-corrected chi connectivity index (χ4v) is 1.58. The van der Waals surface area contributed by atoms with Gasteiger partial charge >= 0.3 is 0 Å². The first kappa shape index (κ1) is 9.71. The molecule has 0 saturated heterocycles. The van der Waals surface area contributed by atoms with Crippen LogP contribution in [0.5, 0.6) is 5.75 Å². The fourth-order valence-electron chi connectivity index (χ4n) is 1.58. The lowest BCUT2D eigenvalue weighted by atomic mass is 10.0. The molecular weight excluding hydrogens is 186 g/mol. The molecule has 0 amide bonds. The number of hydrogen-bond donors (Lipinski definition) is 1. The molecule has 1 aromatic heterocycles. The van der Waals surface area contributed by atoms with E-state index >= 15 is 0 Å². The Morgan fingerprint density at radius 1 is 1.20 bits per heavy atom. The van der Waals surface area contributed by atoms with E-state index < -0.39 is 0 Å². The van der Waals surface area contributed by atoms with Crippen LogP contribution in [-0.2, 0) is 6.42 Å². The maximum Gasteiger partial charge on any atom is 0.115 e. The highest BCUT2D eigenvalue weighted by Gasteiger charge is 2.01. The molecule has 1 N–H and O–H groups in total. The molecule has 1 heterocycles. The lowest BCUT2D eigenvalue weighted by Crippen LogP contribution is -1.93. The number of rotatable bonds is 2. The van der Waals surface area contributed by atoms with E-state index in [-0.39, 0.29) is 0 Å². The van der Waals surface area contributed by atoms with Gasteiger partial charge in [0, 0.05) is 18.3 Å². The van der Waals surface area contributed by atoms with E-state index in [1.807, 2.05) is 31.2 Å². The molecule has 2 heteroatoms. The minimum absolute atomic E-state index is 0.317. The second-order valence-corrected chi connectivity index (χ2v) is 3.61. The maximum atomic E-state index is 9.29. The van der Waals surface area contributed by atoms with Gasteiger partial charge in [-0.3, -0.25) is 4.98 Å². The number of aromatic hydroxyl groups is 1. The summed E-state index contributed by atoms with van der Waals surface area (Å²) in [5.41, 5.74) is 3.35. The third-order valence-electron chi connectivity index (χ3n) is 2.42. The molecule has 0 atom stereocenters. The van der Waals surface area contributed by atoms with Crippen LogP contribution in [-0.4, -0.2) is 10.1 Å². The first-order valence-electron chi connectivity index (χ1n) is 4.94. The Bertz CT molecular complexity index is 451. The topological polar surface area (TPSA) is 33.1 Å². The van der Waals surface area contributed by atoms with Crippen LogP contribution in [0.4, 0.5) is 0 Å². The first-order valence-corrected chi connectivity index (χ1v) is 4.94. The highest BCUT2D eigenvalue weighted by Crippen LogP contribution is 2.17. The summed E-state index contributed by atoms with van der Waals surface area (Å²) in [7, 11) is 0. The summed E-state index contributed by atoms with van der Waals surface area (Å²) in [6, 6.07) is 11.3. The molecule has 0 bridgehead atoms. The predicted molar refractivity (Wildman–Crippen MR) is 59.9 cm³/mol. The van der Waals surface area contributed by atoms with Crippen LogP contribution >= 0.6 is 0 Å². The molecular formula is C13H13NO. The van der Waals surface area contributed by atoms with Crippen LogP contribution in [0, 0.1) is 6.92 Å². The predicted octanol–water partition coefficient (Wildman–Crippen LogP) is 2.69. The van der Waals surface area contributed by atoms with Crippen molar-refractivity contribution in [2.24, 2.45) is 0 Å². The van der Waals surface area contributed by atoms with E-state index in [0.29, 0.717) is 5.75 Å². The minimum atomic E-state index is 0.317. The first-order chi connectivity index (χ1) is 7.25. The Hall–Kier alpha value is -1.83. The van der Waals surface area contributed by atoms with E-state index in [1.54, 1.807) is 18.3 Å². The third-order valence-corrected chi connectivity index (χ3v) is 2.42. The maximum absolute atomic E-state index is 9.29. The Balaban J connectivity index is 2.25.